The maximum atomic E-state index is 6.36. The monoisotopic (exact) mass is 283 g/mol. The van der Waals surface area contributed by atoms with Gasteiger partial charge in [0.05, 0.1) is 5.69 Å². The first-order chi connectivity index (χ1) is 8.64. The molecule has 1 aliphatic carbocycles. The molecule has 0 bridgehead atoms. The van der Waals surface area contributed by atoms with Crippen LogP contribution >= 0.6 is 11.6 Å². The minimum Gasteiger partial charge on any atom is -0.316 e. The van der Waals surface area contributed by atoms with Crippen LogP contribution in [0.1, 0.15) is 39.0 Å². The van der Waals surface area contributed by atoms with Crippen molar-refractivity contribution in [3.05, 3.63) is 16.4 Å². The Balaban J connectivity index is 2.22. The van der Waals surface area contributed by atoms with E-state index in [1.807, 2.05) is 14.0 Å². The number of halogens is 1. The van der Waals surface area contributed by atoms with Gasteiger partial charge in [-0.25, -0.2) is 0 Å². The number of hydrogen-bond donors (Lipinski definition) is 1. The first kappa shape index (κ1) is 14.9. The van der Waals surface area contributed by atoms with Crippen LogP contribution in [0.25, 0.3) is 0 Å². The molecule has 0 saturated heterocycles. The Bertz CT molecular complexity index is 474. The minimum atomic E-state index is 0.378. The summed E-state index contributed by atoms with van der Waals surface area (Å²) in [4.78, 5) is 0. The smallest absolute Gasteiger partial charge is 0.130 e. The summed E-state index contributed by atoms with van der Waals surface area (Å²) < 4.78 is 1.77. The predicted octanol–water partition coefficient (Wildman–Crippen LogP) is 3.19. The summed E-state index contributed by atoms with van der Waals surface area (Å²) in [7, 11) is 3.95. The molecule has 1 aromatic rings. The third-order valence-electron chi connectivity index (χ3n) is 5.60. The normalized spacial score (nSPS) is 22.5. The summed E-state index contributed by atoms with van der Waals surface area (Å²) in [6.45, 7) is 11.5. The zero-order chi connectivity index (χ0) is 14.6. The molecule has 1 N–H and O–H groups in total. The molecule has 0 radical (unpaired) electrons. The van der Waals surface area contributed by atoms with E-state index in [9.17, 15) is 0 Å². The third-order valence-corrected chi connectivity index (χ3v) is 6.07. The standard InChI is InChI=1S/C15H26ClN3/c1-9-10(13(16)19(7)18-9)8-11(17-6)12-14(2,3)15(12,4)5/h11-12,17H,8H2,1-7H3. The molecule has 1 fully saturated rings. The average molecular weight is 284 g/mol. The van der Waals surface area contributed by atoms with Crippen molar-refractivity contribution < 1.29 is 0 Å². The molecule has 0 amide bonds. The lowest BCUT2D eigenvalue weighted by atomic mass is 9.97. The Labute approximate surface area is 121 Å². The average Bonchev–Trinajstić information content (AvgIpc) is 2.57. The van der Waals surface area contributed by atoms with Gasteiger partial charge in [-0.05, 0) is 37.1 Å². The van der Waals surface area contributed by atoms with E-state index in [4.69, 9.17) is 11.6 Å². The van der Waals surface area contributed by atoms with Crippen LogP contribution in [0.4, 0.5) is 0 Å². The predicted molar refractivity (Wildman–Crippen MR) is 80.6 cm³/mol. The number of nitrogens with one attached hydrogen (secondary N) is 1. The van der Waals surface area contributed by atoms with Crippen molar-refractivity contribution in [1.82, 2.24) is 15.1 Å². The molecule has 1 atom stereocenters. The van der Waals surface area contributed by atoms with Gasteiger partial charge in [-0.1, -0.05) is 39.3 Å². The van der Waals surface area contributed by atoms with E-state index in [1.165, 1.54) is 5.56 Å². The van der Waals surface area contributed by atoms with Gasteiger partial charge in [0, 0.05) is 18.7 Å². The molecule has 1 aliphatic rings. The zero-order valence-electron chi connectivity index (χ0n) is 13.1. The van der Waals surface area contributed by atoms with Crippen molar-refractivity contribution >= 4 is 11.6 Å². The molecule has 1 unspecified atom stereocenters. The minimum absolute atomic E-state index is 0.378. The highest BCUT2D eigenvalue weighted by molar-refractivity contribution is 6.30. The number of aryl methyl sites for hydroxylation is 2. The van der Waals surface area contributed by atoms with Crippen LogP contribution in [0.5, 0.6) is 0 Å². The molecule has 1 aromatic heterocycles. The maximum Gasteiger partial charge on any atom is 0.130 e. The molecule has 0 spiro atoms. The van der Waals surface area contributed by atoms with Gasteiger partial charge in [-0.2, -0.15) is 5.10 Å². The van der Waals surface area contributed by atoms with Crippen molar-refractivity contribution in [2.24, 2.45) is 23.8 Å². The van der Waals surface area contributed by atoms with Gasteiger partial charge >= 0.3 is 0 Å². The van der Waals surface area contributed by atoms with E-state index >= 15 is 0 Å². The van der Waals surface area contributed by atoms with Crippen molar-refractivity contribution in [2.75, 3.05) is 7.05 Å². The largest absolute Gasteiger partial charge is 0.316 e. The van der Waals surface area contributed by atoms with Crippen LogP contribution in [0.2, 0.25) is 5.15 Å². The Hall–Kier alpha value is -0.540. The topological polar surface area (TPSA) is 29.9 Å². The zero-order valence-corrected chi connectivity index (χ0v) is 13.9. The SMILES string of the molecule is CNC(Cc1c(C)nn(C)c1Cl)C1C(C)(C)C1(C)C. The third kappa shape index (κ3) is 2.11. The Morgan fingerprint density at radius 2 is 1.84 bits per heavy atom. The summed E-state index contributed by atoms with van der Waals surface area (Å²) in [6, 6.07) is 0.449. The second-order valence-corrected chi connectivity index (χ2v) is 7.36. The molecule has 108 valence electrons. The van der Waals surface area contributed by atoms with Gasteiger partial charge in [-0.15, -0.1) is 0 Å². The van der Waals surface area contributed by atoms with Crippen molar-refractivity contribution in [2.45, 2.75) is 47.1 Å². The van der Waals surface area contributed by atoms with Crippen molar-refractivity contribution in [3.63, 3.8) is 0 Å². The van der Waals surface area contributed by atoms with E-state index in [2.05, 4.69) is 45.2 Å². The second-order valence-electron chi connectivity index (χ2n) is 7.00. The molecule has 19 heavy (non-hydrogen) atoms. The Morgan fingerprint density at radius 3 is 2.16 bits per heavy atom. The van der Waals surface area contributed by atoms with Crippen LogP contribution in [-0.4, -0.2) is 22.9 Å². The van der Waals surface area contributed by atoms with Crippen LogP contribution < -0.4 is 5.32 Å². The van der Waals surface area contributed by atoms with Gasteiger partial charge in [0.1, 0.15) is 5.15 Å². The van der Waals surface area contributed by atoms with Gasteiger partial charge < -0.3 is 5.32 Å². The number of likely N-dealkylation sites (N-methyl/N-ethyl adjacent to an activating group) is 1. The number of aromatic nitrogens is 2. The summed E-state index contributed by atoms with van der Waals surface area (Å²) in [5.74, 6) is 0.667. The van der Waals surface area contributed by atoms with Gasteiger partial charge in [0.2, 0.25) is 0 Å². The van der Waals surface area contributed by atoms with Gasteiger partial charge in [-0.3, -0.25) is 4.68 Å². The highest BCUT2D eigenvalue weighted by Crippen LogP contribution is 2.69. The van der Waals surface area contributed by atoms with E-state index in [0.717, 1.165) is 17.3 Å². The highest BCUT2D eigenvalue weighted by Gasteiger charge is 2.66. The fourth-order valence-electron chi connectivity index (χ4n) is 3.77. The molecule has 1 heterocycles. The van der Waals surface area contributed by atoms with E-state index < -0.39 is 0 Å². The number of nitrogens with zero attached hydrogens (tertiary/aromatic N) is 2. The lowest BCUT2D eigenvalue weighted by Gasteiger charge is -2.18. The number of rotatable bonds is 4. The fraction of sp³-hybridized carbons (Fsp3) is 0.800. The summed E-state index contributed by atoms with van der Waals surface area (Å²) in [5, 5.41) is 8.67. The summed E-state index contributed by atoms with van der Waals surface area (Å²) >= 11 is 6.36. The molecule has 3 nitrogen and oxygen atoms in total. The summed E-state index contributed by atoms with van der Waals surface area (Å²) in [5.41, 5.74) is 2.98. The van der Waals surface area contributed by atoms with Gasteiger partial charge in [0.15, 0.2) is 0 Å². The Morgan fingerprint density at radius 1 is 1.32 bits per heavy atom. The summed E-state index contributed by atoms with van der Waals surface area (Å²) in [6.07, 6.45) is 0.951. The van der Waals surface area contributed by atoms with Crippen LogP contribution in [0.3, 0.4) is 0 Å². The fourth-order valence-corrected chi connectivity index (χ4v) is 4.02. The van der Waals surface area contributed by atoms with Gasteiger partial charge in [0.25, 0.3) is 0 Å². The molecule has 1 saturated carbocycles. The second kappa shape index (κ2) is 4.49. The molecular formula is C15H26ClN3. The maximum absolute atomic E-state index is 6.36. The molecule has 2 rings (SSSR count). The van der Waals surface area contributed by atoms with Crippen LogP contribution in [0.15, 0.2) is 0 Å². The first-order valence-corrected chi connectivity index (χ1v) is 7.37. The van der Waals surface area contributed by atoms with E-state index in [-0.39, 0.29) is 0 Å². The molecule has 4 heteroatoms. The van der Waals surface area contributed by atoms with Crippen molar-refractivity contribution in [3.8, 4) is 0 Å². The molecule has 0 aromatic carbocycles. The quantitative estimate of drug-likeness (QED) is 0.920. The molecule has 0 aliphatic heterocycles. The lowest BCUT2D eigenvalue weighted by molar-refractivity contribution is 0.420. The van der Waals surface area contributed by atoms with Crippen molar-refractivity contribution in [1.29, 1.82) is 0 Å². The van der Waals surface area contributed by atoms with Crippen LogP contribution in [0, 0.1) is 23.7 Å². The van der Waals surface area contributed by atoms with E-state index in [1.54, 1.807) is 4.68 Å². The lowest BCUT2D eigenvalue weighted by Crippen LogP contribution is -2.32. The number of hydrogen-bond acceptors (Lipinski definition) is 2. The van der Waals surface area contributed by atoms with Crippen LogP contribution in [-0.2, 0) is 13.5 Å². The highest BCUT2D eigenvalue weighted by atomic mass is 35.5. The molecular weight excluding hydrogens is 258 g/mol. The van der Waals surface area contributed by atoms with E-state index in [0.29, 0.717) is 22.8 Å². The first-order valence-electron chi connectivity index (χ1n) is 6.99. The Kier molecular flexibility index (Phi) is 3.51.